The maximum atomic E-state index is 13.5. The molecule has 0 aliphatic rings. The van der Waals surface area contributed by atoms with Crippen molar-refractivity contribution in [1.82, 2.24) is 0 Å². The minimum absolute atomic E-state index is 0.0528. The van der Waals surface area contributed by atoms with Gasteiger partial charge in [0.15, 0.2) is 5.78 Å². The maximum Gasteiger partial charge on any atom is 0.180 e. The first-order chi connectivity index (χ1) is 16.3. The second kappa shape index (κ2) is 11.6. The van der Waals surface area contributed by atoms with Crippen LogP contribution in [0, 0.1) is 5.41 Å². The van der Waals surface area contributed by atoms with Crippen LogP contribution in [0.3, 0.4) is 0 Å². The molecular formula is C28H34O5S. The van der Waals surface area contributed by atoms with Crippen molar-refractivity contribution < 1.29 is 23.7 Å². The average Bonchev–Trinajstić information content (AvgIpc) is 2.82. The van der Waals surface area contributed by atoms with Gasteiger partial charge in [-0.2, -0.15) is 0 Å². The number of carbonyl (C=O) groups is 1. The number of ketones is 1. The van der Waals surface area contributed by atoms with Gasteiger partial charge in [-0.25, -0.2) is 0 Å². The van der Waals surface area contributed by atoms with Gasteiger partial charge in [0.2, 0.25) is 0 Å². The standard InChI is InChI=1S/C28H34O5S/c1-7-32-14-15-34-27(28(2,3)4)26(29)24-13-12-23(18-25(24)31-6)33-22-11-9-19-16-21(30-5)10-8-20(19)17-22/h8-13,16-18,27H,7,14-15H2,1-6H3. The van der Waals surface area contributed by atoms with E-state index < -0.39 is 0 Å². The average molecular weight is 483 g/mol. The summed E-state index contributed by atoms with van der Waals surface area (Å²) in [5.41, 5.74) is 0.353. The predicted molar refractivity (Wildman–Crippen MR) is 140 cm³/mol. The molecule has 3 rings (SSSR count). The Hall–Kier alpha value is -2.70. The van der Waals surface area contributed by atoms with Gasteiger partial charge in [0.05, 0.1) is 31.6 Å². The first-order valence-electron chi connectivity index (χ1n) is 11.4. The fourth-order valence-electron chi connectivity index (χ4n) is 3.70. The summed E-state index contributed by atoms with van der Waals surface area (Å²) < 4.78 is 22.4. The van der Waals surface area contributed by atoms with Crippen molar-refractivity contribution in [3.05, 3.63) is 60.2 Å². The molecule has 0 heterocycles. The SMILES string of the molecule is CCOCCSC(C(=O)c1ccc(Oc2ccc3cc(OC)ccc3c2)cc1OC)C(C)(C)C. The van der Waals surface area contributed by atoms with Crippen LogP contribution in [-0.4, -0.2) is 44.2 Å². The van der Waals surface area contributed by atoms with Crippen LogP contribution in [0.5, 0.6) is 23.0 Å². The van der Waals surface area contributed by atoms with Crippen molar-refractivity contribution in [2.45, 2.75) is 32.9 Å². The molecule has 3 aromatic rings. The molecule has 0 bridgehead atoms. The molecule has 0 aliphatic carbocycles. The summed E-state index contributed by atoms with van der Waals surface area (Å²) in [5, 5.41) is 1.90. The summed E-state index contributed by atoms with van der Waals surface area (Å²) >= 11 is 1.63. The maximum absolute atomic E-state index is 13.5. The van der Waals surface area contributed by atoms with E-state index in [1.54, 1.807) is 38.1 Å². The Labute approximate surface area is 206 Å². The molecule has 34 heavy (non-hydrogen) atoms. The van der Waals surface area contributed by atoms with Crippen LogP contribution >= 0.6 is 11.8 Å². The Morgan fingerprint density at radius 1 is 0.882 bits per heavy atom. The van der Waals surface area contributed by atoms with Crippen LogP contribution in [0.15, 0.2) is 54.6 Å². The normalized spacial score (nSPS) is 12.4. The van der Waals surface area contributed by atoms with E-state index in [4.69, 9.17) is 18.9 Å². The third kappa shape index (κ3) is 6.45. The molecule has 0 saturated heterocycles. The Bertz CT molecular complexity index is 1120. The Morgan fingerprint density at radius 2 is 1.50 bits per heavy atom. The van der Waals surface area contributed by atoms with Gasteiger partial charge in [-0.15, -0.1) is 11.8 Å². The number of Topliss-reactive ketones (excluding diaryl/α,β-unsaturated/α-hetero) is 1. The molecule has 6 heteroatoms. The third-order valence-corrected chi connectivity index (χ3v) is 7.09. The van der Waals surface area contributed by atoms with Gasteiger partial charge in [-0.3, -0.25) is 4.79 Å². The molecular weight excluding hydrogens is 448 g/mol. The van der Waals surface area contributed by atoms with E-state index in [1.807, 2.05) is 49.4 Å². The monoisotopic (exact) mass is 482 g/mol. The molecule has 0 aliphatic heterocycles. The minimum Gasteiger partial charge on any atom is -0.497 e. The van der Waals surface area contributed by atoms with Crippen molar-refractivity contribution in [3.8, 4) is 23.0 Å². The van der Waals surface area contributed by atoms with Crippen LogP contribution < -0.4 is 14.2 Å². The summed E-state index contributed by atoms with van der Waals surface area (Å²) in [6.45, 7) is 9.53. The van der Waals surface area contributed by atoms with Gasteiger partial charge in [0, 0.05) is 18.4 Å². The van der Waals surface area contributed by atoms with Crippen LogP contribution in [-0.2, 0) is 4.74 Å². The summed E-state index contributed by atoms with van der Waals surface area (Å²) in [4.78, 5) is 13.5. The number of benzene rings is 3. The van der Waals surface area contributed by atoms with Gasteiger partial charge >= 0.3 is 0 Å². The zero-order valence-corrected chi connectivity index (χ0v) is 21.7. The van der Waals surface area contributed by atoms with E-state index in [2.05, 4.69) is 20.8 Å². The molecule has 0 amide bonds. The fourth-order valence-corrected chi connectivity index (χ4v) is 4.92. The quantitative estimate of drug-likeness (QED) is 0.216. The fraction of sp³-hybridized carbons (Fsp3) is 0.393. The van der Waals surface area contributed by atoms with Gasteiger partial charge in [0.1, 0.15) is 23.0 Å². The van der Waals surface area contributed by atoms with E-state index in [9.17, 15) is 4.79 Å². The van der Waals surface area contributed by atoms with Gasteiger partial charge in [0.25, 0.3) is 0 Å². The van der Waals surface area contributed by atoms with E-state index in [0.717, 1.165) is 22.3 Å². The van der Waals surface area contributed by atoms with E-state index in [-0.39, 0.29) is 16.4 Å². The topological polar surface area (TPSA) is 54.0 Å². The molecule has 182 valence electrons. The molecule has 0 fully saturated rings. The second-order valence-electron chi connectivity index (χ2n) is 9.02. The van der Waals surface area contributed by atoms with Crippen molar-refractivity contribution in [1.29, 1.82) is 0 Å². The third-order valence-electron chi connectivity index (χ3n) is 5.43. The van der Waals surface area contributed by atoms with Crippen molar-refractivity contribution in [2.75, 3.05) is 33.2 Å². The first-order valence-corrected chi connectivity index (χ1v) is 12.5. The van der Waals surface area contributed by atoms with Crippen molar-refractivity contribution in [2.24, 2.45) is 5.41 Å². The Kier molecular flexibility index (Phi) is 8.86. The lowest BCUT2D eigenvalue weighted by Crippen LogP contribution is -2.32. The molecule has 1 unspecified atom stereocenters. The number of methoxy groups -OCH3 is 2. The number of hydrogen-bond donors (Lipinski definition) is 0. The number of thioether (sulfide) groups is 1. The van der Waals surface area contributed by atoms with Gasteiger partial charge in [-0.1, -0.05) is 32.9 Å². The van der Waals surface area contributed by atoms with Crippen LogP contribution in [0.4, 0.5) is 0 Å². The summed E-state index contributed by atoms with van der Waals surface area (Å²) in [5.74, 6) is 3.45. The highest BCUT2D eigenvalue weighted by molar-refractivity contribution is 8.00. The largest absolute Gasteiger partial charge is 0.497 e. The van der Waals surface area contributed by atoms with Crippen molar-refractivity contribution in [3.63, 3.8) is 0 Å². The van der Waals surface area contributed by atoms with Crippen LogP contribution in [0.1, 0.15) is 38.1 Å². The number of hydrogen-bond acceptors (Lipinski definition) is 6. The summed E-state index contributed by atoms with van der Waals surface area (Å²) in [6, 6.07) is 17.2. The molecule has 0 saturated carbocycles. The molecule has 0 radical (unpaired) electrons. The highest BCUT2D eigenvalue weighted by Crippen LogP contribution is 2.37. The summed E-state index contributed by atoms with van der Waals surface area (Å²) in [7, 11) is 3.23. The van der Waals surface area contributed by atoms with Crippen LogP contribution in [0.25, 0.3) is 10.8 Å². The van der Waals surface area contributed by atoms with Crippen molar-refractivity contribution >= 4 is 28.3 Å². The smallest absolute Gasteiger partial charge is 0.180 e. The highest BCUT2D eigenvalue weighted by Gasteiger charge is 2.33. The number of carbonyl (C=O) groups excluding carboxylic acids is 1. The zero-order valence-electron chi connectivity index (χ0n) is 20.8. The molecule has 0 aromatic heterocycles. The van der Waals surface area contributed by atoms with Gasteiger partial charge < -0.3 is 18.9 Å². The van der Waals surface area contributed by atoms with E-state index in [1.165, 1.54) is 0 Å². The zero-order chi connectivity index (χ0) is 24.7. The number of fused-ring (bicyclic) bond motifs is 1. The number of ether oxygens (including phenoxy) is 4. The van der Waals surface area contributed by atoms with E-state index >= 15 is 0 Å². The lowest BCUT2D eigenvalue weighted by molar-refractivity contribution is 0.0947. The molecule has 0 spiro atoms. The first kappa shape index (κ1) is 25.9. The van der Waals surface area contributed by atoms with Gasteiger partial charge in [-0.05, 0) is 59.5 Å². The Balaban J connectivity index is 1.81. The minimum atomic E-state index is -0.217. The molecule has 5 nitrogen and oxygen atoms in total. The van der Waals surface area contributed by atoms with E-state index in [0.29, 0.717) is 36.0 Å². The molecule has 3 aromatic carbocycles. The molecule has 1 atom stereocenters. The summed E-state index contributed by atoms with van der Waals surface area (Å²) in [6.07, 6.45) is 0. The Morgan fingerprint density at radius 3 is 2.12 bits per heavy atom. The second-order valence-corrected chi connectivity index (χ2v) is 10.2. The molecule has 0 N–H and O–H groups in total. The van der Waals surface area contributed by atoms with Crippen LogP contribution in [0.2, 0.25) is 0 Å². The number of rotatable bonds is 11. The lowest BCUT2D eigenvalue weighted by atomic mass is 9.87. The highest BCUT2D eigenvalue weighted by atomic mass is 32.2. The predicted octanol–water partition coefficient (Wildman–Crippen LogP) is 7.02. The lowest BCUT2D eigenvalue weighted by Gasteiger charge is -2.29.